The van der Waals surface area contributed by atoms with Gasteiger partial charge >= 0.3 is 0 Å². The Bertz CT molecular complexity index is 1410. The molecule has 1 aliphatic rings. The van der Waals surface area contributed by atoms with Crippen LogP contribution in [-0.2, 0) is 11.3 Å². The molecule has 0 saturated heterocycles. The minimum atomic E-state index is -0.0780. The number of nitrogens with zero attached hydrogens (tertiary/aromatic N) is 3. The molecule has 1 aromatic heterocycles. The van der Waals surface area contributed by atoms with E-state index in [0.29, 0.717) is 29.6 Å². The monoisotopic (exact) mass is 462 g/mol. The Kier molecular flexibility index (Phi) is 6.01. The molecule has 1 amide bonds. The topological polar surface area (TPSA) is 87.5 Å². The van der Waals surface area contributed by atoms with Gasteiger partial charge in [-0.15, -0.1) is 0 Å². The van der Waals surface area contributed by atoms with Crippen LogP contribution < -0.4 is 19.7 Å². The molecule has 0 saturated carbocycles. The number of ether oxygens (including phenoxy) is 2. The van der Waals surface area contributed by atoms with Gasteiger partial charge in [-0.1, -0.05) is 35.9 Å². The summed E-state index contributed by atoms with van der Waals surface area (Å²) in [6.45, 7) is 2.55. The molecule has 7 heteroatoms. The third-order valence-corrected chi connectivity index (χ3v) is 5.57. The van der Waals surface area contributed by atoms with E-state index in [1.165, 1.54) is 5.56 Å². The molecule has 5 rings (SSSR count). The molecular weight excluding hydrogens is 440 g/mol. The van der Waals surface area contributed by atoms with Crippen molar-refractivity contribution >= 4 is 23.0 Å². The standard InChI is InChI=1S/C28H22N4O3/c1-19-5-7-20(8-6-19)17-32-25-15-22(11-14-26(25)34-18-28(32)33)30-21-9-12-24(13-10-21)35-27-4-2-3-23(16-29)31-27/h2-15,30H,17-18H2,1H3. The summed E-state index contributed by atoms with van der Waals surface area (Å²) in [5.74, 6) is 1.56. The van der Waals surface area contributed by atoms with Gasteiger partial charge < -0.3 is 19.7 Å². The average Bonchev–Trinajstić information content (AvgIpc) is 2.88. The third kappa shape index (κ3) is 5.07. The zero-order chi connectivity index (χ0) is 24.2. The molecule has 1 N–H and O–H groups in total. The molecule has 0 bridgehead atoms. The maximum absolute atomic E-state index is 12.7. The maximum Gasteiger partial charge on any atom is 0.265 e. The largest absolute Gasteiger partial charge is 0.482 e. The molecule has 2 heterocycles. The van der Waals surface area contributed by atoms with E-state index in [9.17, 15) is 4.79 Å². The highest BCUT2D eigenvalue weighted by Gasteiger charge is 2.26. The Morgan fingerprint density at radius 1 is 1.03 bits per heavy atom. The Morgan fingerprint density at radius 2 is 1.80 bits per heavy atom. The van der Waals surface area contributed by atoms with Gasteiger partial charge in [-0.3, -0.25) is 4.79 Å². The minimum absolute atomic E-state index is 0.0270. The number of carbonyl (C=O) groups is 1. The van der Waals surface area contributed by atoms with Crippen molar-refractivity contribution in [2.24, 2.45) is 0 Å². The van der Waals surface area contributed by atoms with Crippen LogP contribution in [0.3, 0.4) is 0 Å². The summed E-state index contributed by atoms with van der Waals surface area (Å²) < 4.78 is 11.4. The summed E-state index contributed by atoms with van der Waals surface area (Å²) >= 11 is 0. The number of rotatable bonds is 6. The highest BCUT2D eigenvalue weighted by atomic mass is 16.5. The molecule has 1 aliphatic heterocycles. The van der Waals surface area contributed by atoms with Crippen molar-refractivity contribution in [3.8, 4) is 23.4 Å². The smallest absolute Gasteiger partial charge is 0.265 e. The molecule has 0 unspecified atom stereocenters. The zero-order valence-electron chi connectivity index (χ0n) is 19.1. The van der Waals surface area contributed by atoms with Crippen molar-refractivity contribution in [2.45, 2.75) is 13.5 Å². The normalized spacial score (nSPS) is 12.3. The van der Waals surface area contributed by atoms with E-state index < -0.39 is 0 Å². The molecule has 3 aromatic carbocycles. The number of fused-ring (bicyclic) bond motifs is 1. The summed E-state index contributed by atoms with van der Waals surface area (Å²) in [5, 5.41) is 12.3. The Labute approximate surface area is 203 Å². The van der Waals surface area contributed by atoms with Crippen molar-refractivity contribution in [2.75, 3.05) is 16.8 Å². The molecule has 4 aromatic rings. The van der Waals surface area contributed by atoms with Crippen molar-refractivity contribution in [3.05, 3.63) is 102 Å². The summed E-state index contributed by atoms with van der Waals surface area (Å²) in [6, 6.07) is 28.3. The number of hydrogen-bond donors (Lipinski definition) is 1. The van der Waals surface area contributed by atoms with Crippen molar-refractivity contribution < 1.29 is 14.3 Å². The van der Waals surface area contributed by atoms with Gasteiger partial charge in [0.05, 0.1) is 12.2 Å². The van der Waals surface area contributed by atoms with Gasteiger partial charge in [-0.25, -0.2) is 4.98 Å². The number of aromatic nitrogens is 1. The number of nitrogens with one attached hydrogen (secondary N) is 1. The lowest BCUT2D eigenvalue weighted by Crippen LogP contribution is -2.38. The van der Waals surface area contributed by atoms with Crippen LogP contribution in [0.2, 0.25) is 0 Å². The molecule has 0 aliphatic carbocycles. The van der Waals surface area contributed by atoms with Gasteiger partial charge in [0.15, 0.2) is 6.61 Å². The second kappa shape index (κ2) is 9.57. The molecule has 172 valence electrons. The fourth-order valence-corrected chi connectivity index (χ4v) is 3.76. The van der Waals surface area contributed by atoms with Crippen LogP contribution in [0, 0.1) is 18.3 Å². The predicted octanol–water partition coefficient (Wildman–Crippen LogP) is 5.72. The Balaban J connectivity index is 1.32. The summed E-state index contributed by atoms with van der Waals surface area (Å²) in [4.78, 5) is 18.5. The molecular formula is C28H22N4O3. The van der Waals surface area contributed by atoms with Crippen molar-refractivity contribution in [3.63, 3.8) is 0 Å². The maximum atomic E-state index is 12.7. The first-order chi connectivity index (χ1) is 17.1. The van der Waals surface area contributed by atoms with Crippen LogP contribution in [0.4, 0.5) is 17.1 Å². The molecule has 7 nitrogen and oxygen atoms in total. The molecule has 0 atom stereocenters. The van der Waals surface area contributed by atoms with Gasteiger partial charge in [0.25, 0.3) is 5.91 Å². The van der Waals surface area contributed by atoms with E-state index in [4.69, 9.17) is 14.7 Å². The number of aryl methyl sites for hydroxylation is 1. The quantitative estimate of drug-likeness (QED) is 0.394. The molecule has 0 spiro atoms. The second-order valence-corrected chi connectivity index (χ2v) is 8.16. The summed E-state index contributed by atoms with van der Waals surface area (Å²) in [6.07, 6.45) is 0. The van der Waals surface area contributed by atoms with E-state index in [0.717, 1.165) is 22.6 Å². The fraction of sp³-hybridized carbons (Fsp3) is 0.107. The van der Waals surface area contributed by atoms with Crippen LogP contribution >= 0.6 is 0 Å². The van der Waals surface area contributed by atoms with E-state index in [1.807, 2.05) is 79.7 Å². The van der Waals surface area contributed by atoms with Crippen LogP contribution in [0.15, 0.2) is 84.9 Å². The summed E-state index contributed by atoms with van der Waals surface area (Å²) in [5.41, 5.74) is 4.94. The van der Waals surface area contributed by atoms with Crippen molar-refractivity contribution in [1.82, 2.24) is 4.98 Å². The molecule has 35 heavy (non-hydrogen) atoms. The lowest BCUT2D eigenvalue weighted by molar-refractivity contribution is -0.121. The number of nitriles is 1. The number of hydrogen-bond acceptors (Lipinski definition) is 6. The van der Waals surface area contributed by atoms with E-state index in [2.05, 4.69) is 10.3 Å². The van der Waals surface area contributed by atoms with Crippen LogP contribution in [0.25, 0.3) is 0 Å². The highest BCUT2D eigenvalue weighted by molar-refractivity contribution is 5.98. The van der Waals surface area contributed by atoms with Gasteiger partial charge in [0.2, 0.25) is 5.88 Å². The fourth-order valence-electron chi connectivity index (χ4n) is 3.76. The predicted molar refractivity (Wildman–Crippen MR) is 133 cm³/mol. The van der Waals surface area contributed by atoms with Crippen LogP contribution in [0.5, 0.6) is 17.4 Å². The highest BCUT2D eigenvalue weighted by Crippen LogP contribution is 2.36. The Hall–Kier alpha value is -4.83. The zero-order valence-corrected chi connectivity index (χ0v) is 19.1. The average molecular weight is 463 g/mol. The number of benzene rings is 3. The third-order valence-electron chi connectivity index (χ3n) is 5.57. The lowest BCUT2D eigenvalue weighted by atomic mass is 10.1. The number of anilines is 3. The van der Waals surface area contributed by atoms with Crippen LogP contribution in [-0.4, -0.2) is 17.5 Å². The van der Waals surface area contributed by atoms with E-state index in [1.54, 1.807) is 23.1 Å². The van der Waals surface area contributed by atoms with Gasteiger partial charge in [-0.05, 0) is 61.0 Å². The van der Waals surface area contributed by atoms with Crippen molar-refractivity contribution in [1.29, 1.82) is 5.26 Å². The van der Waals surface area contributed by atoms with E-state index in [-0.39, 0.29) is 12.5 Å². The number of amides is 1. The number of pyridine rings is 1. The van der Waals surface area contributed by atoms with Gasteiger partial charge in [-0.2, -0.15) is 5.26 Å². The SMILES string of the molecule is Cc1ccc(CN2C(=O)COc3ccc(Nc4ccc(Oc5cccc(C#N)n5)cc4)cc32)cc1. The summed E-state index contributed by atoms with van der Waals surface area (Å²) in [7, 11) is 0. The second-order valence-electron chi connectivity index (χ2n) is 8.16. The number of carbonyl (C=O) groups excluding carboxylic acids is 1. The van der Waals surface area contributed by atoms with Crippen LogP contribution in [0.1, 0.15) is 16.8 Å². The first-order valence-electron chi connectivity index (χ1n) is 11.1. The van der Waals surface area contributed by atoms with E-state index >= 15 is 0 Å². The minimum Gasteiger partial charge on any atom is -0.482 e. The molecule has 0 fully saturated rings. The van der Waals surface area contributed by atoms with Gasteiger partial charge in [0.1, 0.15) is 23.3 Å². The Morgan fingerprint density at radius 3 is 2.57 bits per heavy atom. The van der Waals surface area contributed by atoms with Gasteiger partial charge in [0, 0.05) is 17.4 Å². The molecule has 0 radical (unpaired) electrons. The first-order valence-corrected chi connectivity index (χ1v) is 11.1. The first kappa shape index (κ1) is 22.0. The lowest BCUT2D eigenvalue weighted by Gasteiger charge is -2.30.